The van der Waals surface area contributed by atoms with Gasteiger partial charge in [-0.3, -0.25) is 19.2 Å². The minimum Gasteiger partial charge on any atom is -0.489 e. The van der Waals surface area contributed by atoms with E-state index in [2.05, 4.69) is 10.5 Å². The number of hydrogen-bond acceptors (Lipinski definition) is 7. The van der Waals surface area contributed by atoms with Crippen LogP contribution in [0, 0.1) is 17.0 Å². The highest BCUT2D eigenvalue weighted by molar-refractivity contribution is 7.92. The van der Waals surface area contributed by atoms with Crippen molar-refractivity contribution >= 4 is 45.1 Å². The lowest BCUT2D eigenvalue weighted by Crippen LogP contribution is -2.39. The SMILES string of the molecule is Cc1c(Cl)cccc1N(CC(=O)N/N=C\c1ccc(OCc2ccc([N+](=O)[O-])cc2)cc1)S(C)(=O)=O. The second-order valence-corrected chi connectivity index (χ2v) is 10.0. The van der Waals surface area contributed by atoms with E-state index in [1.807, 2.05) is 0 Å². The van der Waals surface area contributed by atoms with Gasteiger partial charge >= 0.3 is 0 Å². The molecule has 0 saturated heterocycles. The van der Waals surface area contributed by atoms with Gasteiger partial charge < -0.3 is 4.74 Å². The van der Waals surface area contributed by atoms with Crippen LogP contribution in [0.25, 0.3) is 0 Å². The summed E-state index contributed by atoms with van der Waals surface area (Å²) in [5, 5.41) is 15.0. The number of sulfonamides is 1. The number of nitro benzene ring substituents is 1. The number of ether oxygens (including phenoxy) is 1. The van der Waals surface area contributed by atoms with Gasteiger partial charge in [-0.05, 0) is 72.1 Å². The van der Waals surface area contributed by atoms with E-state index in [1.165, 1.54) is 18.3 Å². The second kappa shape index (κ2) is 11.6. The summed E-state index contributed by atoms with van der Waals surface area (Å²) in [5.41, 5.74) is 4.64. The summed E-state index contributed by atoms with van der Waals surface area (Å²) < 4.78 is 31.2. The number of carbonyl (C=O) groups excluding carboxylic acids is 1. The molecule has 0 heterocycles. The molecule has 0 radical (unpaired) electrons. The first-order chi connectivity index (χ1) is 17.0. The third-order valence-corrected chi connectivity index (χ3v) is 6.57. The van der Waals surface area contributed by atoms with Crippen LogP contribution in [-0.2, 0) is 21.4 Å². The van der Waals surface area contributed by atoms with Gasteiger partial charge in [0, 0.05) is 17.2 Å². The molecular formula is C24H23ClN4O6S. The average molecular weight is 531 g/mol. The van der Waals surface area contributed by atoms with E-state index in [0.717, 1.165) is 16.1 Å². The zero-order chi connectivity index (χ0) is 26.3. The van der Waals surface area contributed by atoms with Crippen LogP contribution in [0.5, 0.6) is 5.75 Å². The predicted octanol–water partition coefficient (Wildman–Crippen LogP) is 4.05. The van der Waals surface area contributed by atoms with Crippen molar-refractivity contribution in [1.82, 2.24) is 5.43 Å². The number of hydrogen-bond donors (Lipinski definition) is 1. The molecule has 0 fully saturated rings. The number of nitrogens with zero attached hydrogens (tertiary/aromatic N) is 3. The van der Waals surface area contributed by atoms with Crippen molar-refractivity contribution in [3.63, 3.8) is 0 Å². The average Bonchev–Trinajstić information content (AvgIpc) is 2.83. The molecular weight excluding hydrogens is 508 g/mol. The molecule has 1 amide bonds. The van der Waals surface area contributed by atoms with Crippen molar-refractivity contribution < 1.29 is 22.9 Å². The molecule has 3 aromatic carbocycles. The molecule has 0 aromatic heterocycles. The van der Waals surface area contributed by atoms with Crippen LogP contribution in [0.4, 0.5) is 11.4 Å². The van der Waals surface area contributed by atoms with E-state index >= 15 is 0 Å². The summed E-state index contributed by atoms with van der Waals surface area (Å²) in [6.45, 7) is 1.45. The minimum atomic E-state index is -3.75. The smallest absolute Gasteiger partial charge is 0.269 e. The molecule has 0 bridgehead atoms. The Balaban J connectivity index is 1.55. The first-order valence-electron chi connectivity index (χ1n) is 10.6. The fourth-order valence-corrected chi connectivity index (χ4v) is 4.20. The van der Waals surface area contributed by atoms with E-state index < -0.39 is 27.4 Å². The van der Waals surface area contributed by atoms with Gasteiger partial charge in [-0.15, -0.1) is 0 Å². The van der Waals surface area contributed by atoms with Crippen LogP contribution in [0.15, 0.2) is 71.8 Å². The molecule has 0 atom stereocenters. The Bertz CT molecular complexity index is 1380. The lowest BCUT2D eigenvalue weighted by molar-refractivity contribution is -0.384. The van der Waals surface area contributed by atoms with Crippen LogP contribution < -0.4 is 14.5 Å². The zero-order valence-corrected chi connectivity index (χ0v) is 21.0. The van der Waals surface area contributed by atoms with Crippen LogP contribution in [0.2, 0.25) is 5.02 Å². The van der Waals surface area contributed by atoms with Gasteiger partial charge in [-0.1, -0.05) is 17.7 Å². The molecule has 10 nitrogen and oxygen atoms in total. The minimum absolute atomic E-state index is 0.0121. The molecule has 188 valence electrons. The lowest BCUT2D eigenvalue weighted by Gasteiger charge is -2.23. The number of rotatable bonds is 10. The molecule has 0 unspecified atom stereocenters. The van der Waals surface area contributed by atoms with Gasteiger partial charge in [0.2, 0.25) is 10.0 Å². The maximum atomic E-state index is 12.4. The van der Waals surface area contributed by atoms with Gasteiger partial charge in [-0.25, -0.2) is 13.8 Å². The number of carbonyl (C=O) groups is 1. The number of benzene rings is 3. The quantitative estimate of drug-likeness (QED) is 0.239. The van der Waals surface area contributed by atoms with Crippen LogP contribution in [0.3, 0.4) is 0 Å². The monoisotopic (exact) mass is 530 g/mol. The number of halogens is 1. The summed E-state index contributed by atoms with van der Waals surface area (Å²) >= 11 is 6.10. The third kappa shape index (κ3) is 7.27. The van der Waals surface area contributed by atoms with Gasteiger partial charge in [-0.2, -0.15) is 5.10 Å². The fourth-order valence-electron chi connectivity index (χ4n) is 3.12. The number of non-ortho nitro benzene ring substituents is 1. The van der Waals surface area contributed by atoms with E-state index in [1.54, 1.807) is 61.5 Å². The van der Waals surface area contributed by atoms with Crippen molar-refractivity contribution in [2.45, 2.75) is 13.5 Å². The molecule has 0 aliphatic heterocycles. The summed E-state index contributed by atoms with van der Waals surface area (Å²) in [7, 11) is -3.75. The molecule has 12 heteroatoms. The molecule has 0 saturated carbocycles. The largest absolute Gasteiger partial charge is 0.489 e. The maximum Gasteiger partial charge on any atom is 0.269 e. The Morgan fingerprint density at radius 2 is 1.81 bits per heavy atom. The topological polar surface area (TPSA) is 131 Å². The van der Waals surface area contributed by atoms with Crippen molar-refractivity contribution in [3.8, 4) is 5.75 Å². The first kappa shape index (κ1) is 26.6. The normalized spacial score (nSPS) is 11.3. The standard InChI is InChI=1S/C24H23ClN4O6S/c1-17-22(25)4-3-5-23(17)28(36(2,33)34)15-24(30)27-26-14-18-8-12-21(13-9-18)35-16-19-6-10-20(11-7-19)29(31)32/h3-14H,15-16H2,1-2H3,(H,27,30)/b26-14-. The summed E-state index contributed by atoms with van der Waals surface area (Å²) in [4.78, 5) is 22.6. The predicted molar refractivity (Wildman–Crippen MR) is 138 cm³/mol. The number of nitrogens with one attached hydrogen (secondary N) is 1. The van der Waals surface area contributed by atoms with Gasteiger partial charge in [0.05, 0.1) is 23.1 Å². The summed E-state index contributed by atoms with van der Waals surface area (Å²) in [6.07, 6.45) is 2.42. The van der Waals surface area contributed by atoms with Crippen LogP contribution in [0.1, 0.15) is 16.7 Å². The number of amides is 1. The molecule has 0 aliphatic carbocycles. The van der Waals surface area contributed by atoms with Gasteiger partial charge in [0.25, 0.3) is 11.6 Å². The van der Waals surface area contributed by atoms with Gasteiger partial charge in [0.1, 0.15) is 18.9 Å². The number of nitro groups is 1. The molecule has 0 spiro atoms. The lowest BCUT2D eigenvalue weighted by atomic mass is 10.2. The molecule has 36 heavy (non-hydrogen) atoms. The first-order valence-corrected chi connectivity index (χ1v) is 12.8. The third-order valence-electron chi connectivity index (χ3n) is 5.03. The Hall–Kier alpha value is -3.96. The molecule has 1 N–H and O–H groups in total. The van der Waals surface area contributed by atoms with E-state index in [4.69, 9.17) is 16.3 Å². The van der Waals surface area contributed by atoms with Crippen LogP contribution in [-0.4, -0.2) is 38.3 Å². The highest BCUT2D eigenvalue weighted by atomic mass is 35.5. The van der Waals surface area contributed by atoms with E-state index in [9.17, 15) is 23.3 Å². The van der Waals surface area contributed by atoms with E-state index in [-0.39, 0.29) is 12.3 Å². The Morgan fingerprint density at radius 1 is 1.14 bits per heavy atom. The Labute approximate surface area is 213 Å². The van der Waals surface area contributed by atoms with Crippen molar-refractivity contribution in [2.24, 2.45) is 5.10 Å². The highest BCUT2D eigenvalue weighted by Crippen LogP contribution is 2.28. The van der Waals surface area contributed by atoms with Crippen LogP contribution >= 0.6 is 11.6 Å². The number of anilines is 1. The summed E-state index contributed by atoms with van der Waals surface area (Å²) in [6, 6.07) is 17.8. The van der Waals surface area contributed by atoms with Crippen molar-refractivity contribution in [2.75, 3.05) is 17.1 Å². The highest BCUT2D eigenvalue weighted by Gasteiger charge is 2.23. The Morgan fingerprint density at radius 3 is 2.42 bits per heavy atom. The molecule has 3 rings (SSSR count). The second-order valence-electron chi connectivity index (χ2n) is 7.73. The number of hydrazone groups is 1. The van der Waals surface area contributed by atoms with Gasteiger partial charge in [0.15, 0.2) is 0 Å². The van der Waals surface area contributed by atoms with Crippen molar-refractivity contribution in [3.05, 3.63) is 98.6 Å². The fraction of sp³-hybridized carbons (Fsp3) is 0.167. The Kier molecular flexibility index (Phi) is 8.62. The van der Waals surface area contributed by atoms with E-state index in [0.29, 0.717) is 27.6 Å². The molecule has 0 aliphatic rings. The maximum absolute atomic E-state index is 12.4. The summed E-state index contributed by atoms with van der Waals surface area (Å²) in [5.74, 6) is -0.0469. The van der Waals surface area contributed by atoms with Crippen molar-refractivity contribution in [1.29, 1.82) is 0 Å². The molecule has 3 aromatic rings. The zero-order valence-electron chi connectivity index (χ0n) is 19.4.